The number of hydrogen-bond donors (Lipinski definition) is 1. The zero-order chi connectivity index (χ0) is 11.1. The molecule has 1 aliphatic rings. The normalized spacial score (nSPS) is 21.5. The van der Waals surface area contributed by atoms with Crippen LogP contribution in [0.2, 0.25) is 0 Å². The average Bonchev–Trinajstić information content (AvgIpc) is 2.29. The highest BCUT2D eigenvalue weighted by molar-refractivity contribution is 4.79. The molecule has 1 fully saturated rings. The predicted molar refractivity (Wildman–Crippen MR) is 64.1 cm³/mol. The van der Waals surface area contributed by atoms with Crippen LogP contribution in [0.3, 0.4) is 0 Å². The number of ether oxygens (including phenoxy) is 1. The predicted octanol–water partition coefficient (Wildman–Crippen LogP) is 1.26. The number of nitrogens with zero attached hydrogens (tertiary/aromatic N) is 1. The fraction of sp³-hybridized carbons (Fsp3) is 0.833. The summed E-state index contributed by atoms with van der Waals surface area (Å²) in [6, 6.07) is 0.614. The second-order valence-corrected chi connectivity index (χ2v) is 4.27. The first kappa shape index (κ1) is 12.7. The second kappa shape index (κ2) is 6.99. The van der Waals surface area contributed by atoms with Crippen molar-refractivity contribution in [2.24, 2.45) is 0 Å². The lowest BCUT2D eigenvalue weighted by atomic mass is 10.1. The molecule has 1 aliphatic heterocycles. The van der Waals surface area contributed by atoms with Crippen LogP contribution in [0.1, 0.15) is 19.8 Å². The fourth-order valence-corrected chi connectivity index (χ4v) is 2.08. The molecule has 0 aromatic carbocycles. The largest absolute Gasteiger partial charge is 0.381 e. The van der Waals surface area contributed by atoms with Crippen LogP contribution in [0, 0.1) is 0 Å². The van der Waals surface area contributed by atoms with Gasteiger partial charge >= 0.3 is 0 Å². The minimum atomic E-state index is 0.481. The smallest absolute Gasteiger partial charge is 0.0595 e. The SMILES string of the molecule is C=CCNCC(C)N1CCC(OC)CC1. The highest BCUT2D eigenvalue weighted by Gasteiger charge is 2.21. The monoisotopic (exact) mass is 212 g/mol. The number of nitrogens with one attached hydrogen (secondary N) is 1. The minimum absolute atomic E-state index is 0.481. The molecule has 88 valence electrons. The van der Waals surface area contributed by atoms with Gasteiger partial charge in [0.15, 0.2) is 0 Å². The summed E-state index contributed by atoms with van der Waals surface area (Å²) < 4.78 is 5.36. The zero-order valence-electron chi connectivity index (χ0n) is 10.0. The molecule has 0 aromatic rings. The molecule has 0 aromatic heterocycles. The van der Waals surface area contributed by atoms with Crippen LogP contribution in [-0.4, -0.2) is 50.3 Å². The summed E-state index contributed by atoms with van der Waals surface area (Å²) in [6.07, 6.45) is 4.73. The molecule has 3 heteroatoms. The van der Waals surface area contributed by atoms with E-state index in [9.17, 15) is 0 Å². The molecule has 1 N–H and O–H groups in total. The van der Waals surface area contributed by atoms with Gasteiger partial charge in [0.1, 0.15) is 0 Å². The van der Waals surface area contributed by atoms with Crippen LogP contribution in [-0.2, 0) is 4.74 Å². The van der Waals surface area contributed by atoms with E-state index in [1.54, 1.807) is 0 Å². The van der Waals surface area contributed by atoms with Crippen molar-refractivity contribution >= 4 is 0 Å². The van der Waals surface area contributed by atoms with Gasteiger partial charge in [-0.05, 0) is 19.8 Å². The molecule has 3 nitrogen and oxygen atoms in total. The van der Waals surface area contributed by atoms with Gasteiger partial charge in [-0.15, -0.1) is 6.58 Å². The summed E-state index contributed by atoms with van der Waals surface area (Å²) in [4.78, 5) is 2.53. The van der Waals surface area contributed by atoms with E-state index in [0.717, 1.165) is 26.2 Å². The molecule has 1 atom stereocenters. The van der Waals surface area contributed by atoms with Crippen molar-refractivity contribution in [3.63, 3.8) is 0 Å². The van der Waals surface area contributed by atoms with Crippen LogP contribution in [0.4, 0.5) is 0 Å². The third-order valence-corrected chi connectivity index (χ3v) is 3.16. The Kier molecular flexibility index (Phi) is 5.91. The molecular weight excluding hydrogens is 188 g/mol. The quantitative estimate of drug-likeness (QED) is 0.530. The summed E-state index contributed by atoms with van der Waals surface area (Å²) in [7, 11) is 1.81. The van der Waals surface area contributed by atoms with Gasteiger partial charge in [-0.25, -0.2) is 0 Å². The topological polar surface area (TPSA) is 24.5 Å². The van der Waals surface area contributed by atoms with Crippen molar-refractivity contribution < 1.29 is 4.74 Å². The number of rotatable bonds is 6. The number of hydrogen-bond acceptors (Lipinski definition) is 3. The van der Waals surface area contributed by atoms with E-state index in [-0.39, 0.29) is 0 Å². The third kappa shape index (κ3) is 4.33. The molecule has 1 heterocycles. The molecule has 1 unspecified atom stereocenters. The van der Waals surface area contributed by atoms with Crippen molar-refractivity contribution in [1.82, 2.24) is 10.2 Å². The Labute approximate surface area is 93.5 Å². The molecule has 15 heavy (non-hydrogen) atoms. The summed E-state index contributed by atoms with van der Waals surface area (Å²) in [5.41, 5.74) is 0. The Balaban J connectivity index is 2.17. The molecule has 1 saturated heterocycles. The van der Waals surface area contributed by atoms with Gasteiger partial charge in [-0.2, -0.15) is 0 Å². The Morgan fingerprint density at radius 2 is 2.20 bits per heavy atom. The van der Waals surface area contributed by atoms with Crippen molar-refractivity contribution in [1.29, 1.82) is 0 Å². The maximum atomic E-state index is 5.36. The van der Waals surface area contributed by atoms with Gasteiger partial charge in [0, 0.05) is 39.3 Å². The van der Waals surface area contributed by atoms with E-state index in [4.69, 9.17) is 4.74 Å². The van der Waals surface area contributed by atoms with E-state index < -0.39 is 0 Å². The van der Waals surface area contributed by atoms with Crippen molar-refractivity contribution in [2.75, 3.05) is 33.3 Å². The van der Waals surface area contributed by atoms with E-state index >= 15 is 0 Å². The Hall–Kier alpha value is -0.380. The molecule has 0 bridgehead atoms. The summed E-state index contributed by atoms with van der Waals surface area (Å²) in [6.45, 7) is 10.3. The number of likely N-dealkylation sites (tertiary alicyclic amines) is 1. The standard InChI is InChI=1S/C12H24N2O/c1-4-7-13-10-11(2)14-8-5-12(15-3)6-9-14/h4,11-13H,1,5-10H2,2-3H3. The van der Waals surface area contributed by atoms with Gasteiger partial charge in [0.25, 0.3) is 0 Å². The average molecular weight is 212 g/mol. The molecule has 0 radical (unpaired) electrons. The summed E-state index contributed by atoms with van der Waals surface area (Å²) in [5, 5.41) is 3.37. The zero-order valence-corrected chi connectivity index (χ0v) is 10.0. The Morgan fingerprint density at radius 1 is 1.53 bits per heavy atom. The van der Waals surface area contributed by atoms with E-state index in [0.29, 0.717) is 12.1 Å². The van der Waals surface area contributed by atoms with Crippen LogP contribution in [0.15, 0.2) is 12.7 Å². The first-order valence-corrected chi connectivity index (χ1v) is 5.86. The van der Waals surface area contributed by atoms with Gasteiger partial charge in [-0.1, -0.05) is 6.08 Å². The lowest BCUT2D eigenvalue weighted by molar-refractivity contribution is 0.0299. The lowest BCUT2D eigenvalue weighted by Gasteiger charge is -2.35. The molecule has 0 aliphatic carbocycles. The van der Waals surface area contributed by atoms with E-state index in [2.05, 4.69) is 23.7 Å². The molecule has 1 rings (SSSR count). The van der Waals surface area contributed by atoms with Crippen LogP contribution in [0.5, 0.6) is 0 Å². The fourth-order valence-electron chi connectivity index (χ4n) is 2.08. The summed E-state index contributed by atoms with van der Waals surface area (Å²) in [5.74, 6) is 0. The summed E-state index contributed by atoms with van der Waals surface area (Å²) >= 11 is 0. The van der Waals surface area contributed by atoms with Gasteiger partial charge < -0.3 is 10.1 Å². The highest BCUT2D eigenvalue weighted by Crippen LogP contribution is 2.14. The van der Waals surface area contributed by atoms with Gasteiger partial charge in [-0.3, -0.25) is 4.90 Å². The van der Waals surface area contributed by atoms with Gasteiger partial charge in [0.05, 0.1) is 6.10 Å². The maximum absolute atomic E-state index is 5.36. The highest BCUT2D eigenvalue weighted by atomic mass is 16.5. The van der Waals surface area contributed by atoms with Crippen molar-refractivity contribution in [3.8, 4) is 0 Å². The molecule has 0 spiro atoms. The molecule has 0 saturated carbocycles. The van der Waals surface area contributed by atoms with Crippen LogP contribution >= 0.6 is 0 Å². The first-order valence-electron chi connectivity index (χ1n) is 5.86. The Bertz CT molecular complexity index is 176. The second-order valence-electron chi connectivity index (χ2n) is 4.27. The van der Waals surface area contributed by atoms with Crippen molar-refractivity contribution in [2.45, 2.75) is 31.9 Å². The maximum Gasteiger partial charge on any atom is 0.0595 e. The molecular formula is C12H24N2O. The number of methoxy groups -OCH3 is 1. The minimum Gasteiger partial charge on any atom is -0.381 e. The number of piperidine rings is 1. The van der Waals surface area contributed by atoms with E-state index in [1.807, 2.05) is 13.2 Å². The van der Waals surface area contributed by atoms with Gasteiger partial charge in [0.2, 0.25) is 0 Å². The van der Waals surface area contributed by atoms with Crippen molar-refractivity contribution in [3.05, 3.63) is 12.7 Å². The first-order chi connectivity index (χ1) is 7.27. The Morgan fingerprint density at radius 3 is 2.73 bits per heavy atom. The third-order valence-electron chi connectivity index (χ3n) is 3.16. The van der Waals surface area contributed by atoms with Crippen LogP contribution in [0.25, 0.3) is 0 Å². The van der Waals surface area contributed by atoms with Crippen LogP contribution < -0.4 is 5.32 Å². The molecule has 0 amide bonds. The lowest BCUT2D eigenvalue weighted by Crippen LogP contribution is -2.46. The van der Waals surface area contributed by atoms with E-state index in [1.165, 1.54) is 12.8 Å².